The number of rotatable bonds is 3. The average molecular weight is 299 g/mol. The molecule has 0 aliphatic carbocycles. The van der Waals surface area contributed by atoms with Crippen LogP contribution < -0.4 is 5.73 Å². The highest BCUT2D eigenvalue weighted by atomic mass is 16.3. The minimum atomic E-state index is -0.553. The molecule has 0 spiro atoms. The first-order valence-electron chi connectivity index (χ1n) is 7.57. The maximum Gasteiger partial charge on any atom is 0.312 e. The SMILES string of the molecule is CCN(CCO)C(=O)C(=O)N1C(C)(C)CC(N)CC1(C)C. The number of aliphatic hydroxyl groups is 1. The summed E-state index contributed by atoms with van der Waals surface area (Å²) in [4.78, 5) is 28.2. The molecule has 0 aromatic heterocycles. The van der Waals surface area contributed by atoms with Gasteiger partial charge < -0.3 is 20.6 Å². The van der Waals surface area contributed by atoms with Crippen LogP contribution in [0.2, 0.25) is 0 Å². The summed E-state index contributed by atoms with van der Waals surface area (Å²) in [6.45, 7) is 10.0. The third kappa shape index (κ3) is 3.74. The maximum absolute atomic E-state index is 12.7. The van der Waals surface area contributed by atoms with Gasteiger partial charge in [0.25, 0.3) is 0 Å². The van der Waals surface area contributed by atoms with E-state index in [1.54, 1.807) is 11.8 Å². The summed E-state index contributed by atoms with van der Waals surface area (Å²) in [6.07, 6.45) is 1.34. The fourth-order valence-corrected chi connectivity index (χ4v) is 3.66. The number of piperidine rings is 1. The van der Waals surface area contributed by atoms with Crippen LogP contribution in [0, 0.1) is 0 Å². The molecule has 1 heterocycles. The van der Waals surface area contributed by atoms with Gasteiger partial charge in [0.1, 0.15) is 0 Å². The predicted octanol–water partition coefficient (Wildman–Crippen LogP) is 0.334. The Morgan fingerprint density at radius 3 is 2.10 bits per heavy atom. The third-order valence-corrected chi connectivity index (χ3v) is 4.16. The van der Waals surface area contributed by atoms with E-state index in [9.17, 15) is 9.59 Å². The summed E-state index contributed by atoms with van der Waals surface area (Å²) >= 11 is 0. The summed E-state index contributed by atoms with van der Waals surface area (Å²) in [7, 11) is 0. The highest BCUT2D eigenvalue weighted by Crippen LogP contribution is 2.37. The zero-order valence-electron chi connectivity index (χ0n) is 13.8. The Kier molecular flexibility index (Phi) is 5.39. The van der Waals surface area contributed by atoms with Crippen molar-refractivity contribution in [2.75, 3.05) is 19.7 Å². The molecule has 1 saturated heterocycles. The van der Waals surface area contributed by atoms with Crippen molar-refractivity contribution in [3.63, 3.8) is 0 Å². The summed E-state index contributed by atoms with van der Waals surface area (Å²) in [5.41, 5.74) is 5.16. The van der Waals surface area contributed by atoms with E-state index in [0.29, 0.717) is 19.4 Å². The van der Waals surface area contributed by atoms with Gasteiger partial charge in [-0.25, -0.2) is 0 Å². The molecule has 6 nitrogen and oxygen atoms in total. The highest BCUT2D eigenvalue weighted by molar-refractivity contribution is 6.35. The molecule has 1 rings (SSSR count). The zero-order valence-corrected chi connectivity index (χ0v) is 13.8. The van der Waals surface area contributed by atoms with Gasteiger partial charge in [0.2, 0.25) is 0 Å². The van der Waals surface area contributed by atoms with Crippen molar-refractivity contribution in [3.8, 4) is 0 Å². The normalized spacial score (nSPS) is 21.2. The Hall–Kier alpha value is -1.14. The number of nitrogens with zero attached hydrogens (tertiary/aromatic N) is 2. The molecular weight excluding hydrogens is 270 g/mol. The number of likely N-dealkylation sites (tertiary alicyclic amines) is 1. The van der Waals surface area contributed by atoms with Crippen LogP contribution in [0.25, 0.3) is 0 Å². The van der Waals surface area contributed by atoms with Crippen molar-refractivity contribution in [2.45, 2.75) is 64.6 Å². The standard InChI is InChI=1S/C15H29N3O3/c1-6-17(7-8-19)12(20)13(21)18-14(2,3)9-11(16)10-15(18,4)5/h11,19H,6-10,16H2,1-5H3. The number of nitrogens with two attached hydrogens (primary N) is 1. The van der Waals surface area contributed by atoms with E-state index in [0.717, 1.165) is 0 Å². The van der Waals surface area contributed by atoms with Gasteiger partial charge in [-0.1, -0.05) is 0 Å². The van der Waals surface area contributed by atoms with E-state index in [-0.39, 0.29) is 19.2 Å². The van der Waals surface area contributed by atoms with Crippen molar-refractivity contribution in [2.24, 2.45) is 5.73 Å². The molecule has 122 valence electrons. The molecule has 0 aromatic rings. The fourth-order valence-electron chi connectivity index (χ4n) is 3.66. The largest absolute Gasteiger partial charge is 0.395 e. The van der Waals surface area contributed by atoms with Crippen LogP contribution in [-0.2, 0) is 9.59 Å². The Bertz CT molecular complexity index is 389. The van der Waals surface area contributed by atoms with Crippen molar-refractivity contribution in [1.82, 2.24) is 9.80 Å². The summed E-state index contributed by atoms with van der Waals surface area (Å²) in [6, 6.07) is 0.0221. The molecule has 0 atom stereocenters. The van der Waals surface area contributed by atoms with Crippen LogP contribution in [0.4, 0.5) is 0 Å². The minimum Gasteiger partial charge on any atom is -0.395 e. The molecule has 0 unspecified atom stereocenters. The number of hydrogen-bond donors (Lipinski definition) is 2. The van der Waals surface area contributed by atoms with Gasteiger partial charge in [0.15, 0.2) is 0 Å². The topological polar surface area (TPSA) is 86.9 Å². The number of carbonyl (C=O) groups excluding carboxylic acids is 2. The fraction of sp³-hybridized carbons (Fsp3) is 0.867. The molecule has 3 N–H and O–H groups in total. The Morgan fingerprint density at radius 1 is 1.24 bits per heavy atom. The lowest BCUT2D eigenvalue weighted by molar-refractivity contribution is -0.163. The second-order valence-corrected chi connectivity index (χ2v) is 7.04. The zero-order chi connectivity index (χ0) is 16.4. The Labute approximate surface area is 127 Å². The van der Waals surface area contributed by atoms with Gasteiger partial charge in [-0.3, -0.25) is 9.59 Å². The average Bonchev–Trinajstić information content (AvgIpc) is 2.31. The van der Waals surface area contributed by atoms with Gasteiger partial charge >= 0.3 is 11.8 Å². The van der Waals surface area contributed by atoms with E-state index in [2.05, 4.69) is 0 Å². The first kappa shape index (κ1) is 17.9. The molecule has 1 aliphatic heterocycles. The molecule has 2 amide bonds. The number of hydrogen-bond acceptors (Lipinski definition) is 4. The highest BCUT2D eigenvalue weighted by Gasteiger charge is 2.49. The number of carbonyl (C=O) groups is 2. The lowest BCUT2D eigenvalue weighted by Gasteiger charge is -2.54. The van der Waals surface area contributed by atoms with Crippen molar-refractivity contribution in [1.29, 1.82) is 0 Å². The first-order chi connectivity index (χ1) is 9.56. The molecule has 0 aromatic carbocycles. The van der Waals surface area contributed by atoms with Crippen LogP contribution in [-0.4, -0.2) is 63.5 Å². The second kappa shape index (κ2) is 6.32. The van der Waals surface area contributed by atoms with E-state index in [4.69, 9.17) is 10.8 Å². The lowest BCUT2D eigenvalue weighted by Crippen LogP contribution is -2.67. The quantitative estimate of drug-likeness (QED) is 0.736. The molecule has 6 heteroatoms. The van der Waals surface area contributed by atoms with E-state index < -0.39 is 22.9 Å². The van der Waals surface area contributed by atoms with Gasteiger partial charge in [0.05, 0.1) is 6.61 Å². The molecule has 1 aliphatic rings. The Balaban J connectivity index is 3.05. The van der Waals surface area contributed by atoms with E-state index >= 15 is 0 Å². The number of amides is 2. The first-order valence-corrected chi connectivity index (χ1v) is 7.57. The number of likely N-dealkylation sites (N-methyl/N-ethyl adjacent to an activating group) is 1. The minimum absolute atomic E-state index is 0.0221. The van der Waals surface area contributed by atoms with Crippen LogP contribution in [0.3, 0.4) is 0 Å². The predicted molar refractivity (Wildman–Crippen MR) is 81.6 cm³/mol. The summed E-state index contributed by atoms with van der Waals surface area (Å²) in [5.74, 6) is -1.06. The van der Waals surface area contributed by atoms with Crippen LogP contribution in [0.1, 0.15) is 47.5 Å². The molecule has 0 saturated carbocycles. The monoisotopic (exact) mass is 299 g/mol. The summed E-state index contributed by atoms with van der Waals surface area (Å²) < 4.78 is 0. The van der Waals surface area contributed by atoms with Crippen LogP contribution in [0.5, 0.6) is 0 Å². The van der Waals surface area contributed by atoms with Crippen molar-refractivity contribution < 1.29 is 14.7 Å². The molecule has 21 heavy (non-hydrogen) atoms. The Morgan fingerprint density at radius 2 is 1.71 bits per heavy atom. The summed E-state index contributed by atoms with van der Waals surface area (Å²) in [5, 5.41) is 9.01. The lowest BCUT2D eigenvalue weighted by atomic mass is 9.77. The number of aliphatic hydroxyl groups excluding tert-OH is 1. The second-order valence-electron chi connectivity index (χ2n) is 7.04. The van der Waals surface area contributed by atoms with Gasteiger partial charge in [0, 0.05) is 30.2 Å². The maximum atomic E-state index is 12.7. The van der Waals surface area contributed by atoms with E-state index in [1.807, 2.05) is 27.7 Å². The molecular formula is C15H29N3O3. The van der Waals surface area contributed by atoms with Gasteiger partial charge in [-0.05, 0) is 47.5 Å². The van der Waals surface area contributed by atoms with Gasteiger partial charge in [-0.15, -0.1) is 0 Å². The van der Waals surface area contributed by atoms with Crippen molar-refractivity contribution >= 4 is 11.8 Å². The van der Waals surface area contributed by atoms with Crippen LogP contribution >= 0.6 is 0 Å². The van der Waals surface area contributed by atoms with Crippen molar-refractivity contribution in [3.05, 3.63) is 0 Å². The van der Waals surface area contributed by atoms with E-state index in [1.165, 1.54) is 4.90 Å². The van der Waals surface area contributed by atoms with Crippen LogP contribution in [0.15, 0.2) is 0 Å². The van der Waals surface area contributed by atoms with Gasteiger partial charge in [-0.2, -0.15) is 0 Å². The molecule has 0 radical (unpaired) electrons. The molecule has 0 bridgehead atoms. The molecule has 1 fully saturated rings. The third-order valence-electron chi connectivity index (χ3n) is 4.16. The smallest absolute Gasteiger partial charge is 0.312 e.